The molecule has 2 rings (SSSR count). The van der Waals surface area contributed by atoms with Gasteiger partial charge in [0.1, 0.15) is 0 Å². The van der Waals surface area contributed by atoms with Gasteiger partial charge >= 0.3 is 11.8 Å². The first kappa shape index (κ1) is 14.2. The van der Waals surface area contributed by atoms with Crippen LogP contribution < -0.4 is 5.73 Å². The van der Waals surface area contributed by atoms with Gasteiger partial charge in [0.15, 0.2) is 0 Å². The van der Waals surface area contributed by atoms with Crippen LogP contribution in [0.25, 0.3) is 0 Å². The van der Waals surface area contributed by atoms with E-state index in [-0.39, 0.29) is 17.2 Å². The summed E-state index contributed by atoms with van der Waals surface area (Å²) in [6, 6.07) is 0. The van der Waals surface area contributed by atoms with Gasteiger partial charge in [0.05, 0.1) is 4.99 Å². The summed E-state index contributed by atoms with van der Waals surface area (Å²) in [5, 5.41) is 0. The molecular weight excluding hydrogens is 262 g/mol. The molecule has 2 amide bonds. The van der Waals surface area contributed by atoms with E-state index in [1.807, 2.05) is 6.92 Å². The molecule has 0 radical (unpaired) electrons. The van der Waals surface area contributed by atoms with E-state index < -0.39 is 0 Å². The number of hydrogen-bond acceptors (Lipinski definition) is 3. The number of nitrogens with two attached hydrogens (primary N) is 1. The number of nitrogens with zero attached hydrogens (tertiary/aromatic N) is 2. The third-order valence-electron chi connectivity index (χ3n) is 3.92. The molecule has 0 aromatic carbocycles. The zero-order chi connectivity index (χ0) is 14.0. The predicted molar refractivity (Wildman–Crippen MR) is 76.5 cm³/mol. The Labute approximate surface area is 119 Å². The molecule has 0 spiro atoms. The molecule has 1 aliphatic heterocycles. The van der Waals surface area contributed by atoms with Crippen molar-refractivity contribution < 1.29 is 9.59 Å². The van der Waals surface area contributed by atoms with Gasteiger partial charge in [-0.2, -0.15) is 0 Å². The number of hydrogen-bond donors (Lipinski definition) is 1. The number of rotatable bonds is 6. The van der Waals surface area contributed by atoms with Crippen molar-refractivity contribution in [2.45, 2.75) is 32.6 Å². The van der Waals surface area contributed by atoms with Crippen LogP contribution in [-0.2, 0) is 9.59 Å². The molecule has 0 aromatic heterocycles. The van der Waals surface area contributed by atoms with E-state index in [1.165, 1.54) is 0 Å². The highest BCUT2D eigenvalue weighted by atomic mass is 32.1. The van der Waals surface area contributed by atoms with Crippen LogP contribution in [0.15, 0.2) is 0 Å². The fourth-order valence-electron chi connectivity index (χ4n) is 2.69. The van der Waals surface area contributed by atoms with Crippen molar-refractivity contribution in [3.63, 3.8) is 0 Å². The molecular formula is C13H21N3O2S. The summed E-state index contributed by atoms with van der Waals surface area (Å²) >= 11 is 4.96. The molecule has 1 saturated carbocycles. The largest absolute Gasteiger partial charge is 0.393 e. The highest BCUT2D eigenvalue weighted by Gasteiger charge is 2.46. The van der Waals surface area contributed by atoms with Gasteiger partial charge < -0.3 is 15.5 Å². The van der Waals surface area contributed by atoms with Crippen molar-refractivity contribution in [1.82, 2.24) is 9.80 Å². The van der Waals surface area contributed by atoms with E-state index in [0.717, 1.165) is 19.3 Å². The van der Waals surface area contributed by atoms with Gasteiger partial charge in [-0.3, -0.25) is 9.59 Å². The summed E-state index contributed by atoms with van der Waals surface area (Å²) in [5.74, 6) is -0.729. The maximum Gasteiger partial charge on any atom is 0.312 e. The Morgan fingerprint density at radius 3 is 2.37 bits per heavy atom. The normalized spacial score (nSPS) is 21.7. The van der Waals surface area contributed by atoms with Crippen LogP contribution >= 0.6 is 12.2 Å². The topological polar surface area (TPSA) is 66.6 Å². The van der Waals surface area contributed by atoms with Crippen LogP contribution in [0.4, 0.5) is 0 Å². The number of piperazine rings is 1. The summed E-state index contributed by atoms with van der Waals surface area (Å²) < 4.78 is 0. The lowest BCUT2D eigenvalue weighted by atomic mass is 10.0. The summed E-state index contributed by atoms with van der Waals surface area (Å²) in [6.07, 6.45) is 3.64. The Bertz CT molecular complexity index is 407. The van der Waals surface area contributed by atoms with Crippen molar-refractivity contribution in [3.8, 4) is 0 Å². The average molecular weight is 283 g/mol. The van der Waals surface area contributed by atoms with Gasteiger partial charge in [0.25, 0.3) is 0 Å². The molecule has 2 fully saturated rings. The molecule has 106 valence electrons. The first-order valence-electron chi connectivity index (χ1n) is 6.84. The van der Waals surface area contributed by atoms with E-state index in [9.17, 15) is 9.59 Å². The molecule has 1 saturated heterocycles. The van der Waals surface area contributed by atoms with Gasteiger partial charge in [-0.05, 0) is 24.7 Å². The summed E-state index contributed by atoms with van der Waals surface area (Å²) in [6.45, 7) is 4.56. The average Bonchev–Trinajstić information content (AvgIpc) is 3.08. The summed E-state index contributed by atoms with van der Waals surface area (Å²) in [7, 11) is 0. The quantitative estimate of drug-likeness (QED) is 0.570. The van der Waals surface area contributed by atoms with E-state index in [2.05, 4.69) is 0 Å². The maximum atomic E-state index is 12.1. The Balaban J connectivity index is 1.94. The van der Waals surface area contributed by atoms with Crippen molar-refractivity contribution in [2.24, 2.45) is 11.1 Å². The van der Waals surface area contributed by atoms with Crippen LogP contribution in [-0.4, -0.2) is 52.8 Å². The highest BCUT2D eigenvalue weighted by molar-refractivity contribution is 7.80. The Hall–Kier alpha value is -1.17. The lowest BCUT2D eigenvalue weighted by Gasteiger charge is -2.35. The van der Waals surface area contributed by atoms with Gasteiger partial charge in [-0.25, -0.2) is 0 Å². The van der Waals surface area contributed by atoms with Crippen LogP contribution in [0.2, 0.25) is 0 Å². The van der Waals surface area contributed by atoms with Crippen molar-refractivity contribution in [1.29, 1.82) is 0 Å². The second-order valence-corrected chi connectivity index (χ2v) is 6.19. The Morgan fingerprint density at radius 2 is 1.84 bits per heavy atom. The third-order valence-corrected chi connectivity index (χ3v) is 4.07. The van der Waals surface area contributed by atoms with Crippen molar-refractivity contribution in [3.05, 3.63) is 0 Å². The smallest absolute Gasteiger partial charge is 0.312 e. The van der Waals surface area contributed by atoms with E-state index in [1.54, 1.807) is 9.80 Å². The fourth-order valence-corrected chi connectivity index (χ4v) is 3.00. The first-order chi connectivity index (χ1) is 8.97. The number of carbonyl (C=O) groups is 2. The fraction of sp³-hybridized carbons (Fsp3) is 0.769. The molecule has 5 nitrogen and oxygen atoms in total. The number of amides is 2. The Kier molecular flexibility index (Phi) is 4.08. The predicted octanol–water partition coefficient (Wildman–Crippen LogP) is 0.524. The number of carbonyl (C=O) groups excluding carboxylic acids is 2. The second-order valence-electron chi connectivity index (χ2n) is 5.66. The Morgan fingerprint density at radius 1 is 1.26 bits per heavy atom. The standard InChI is InChI=1S/C13H21N3O2S/c1-2-5-15-6-7-16(12(18)11(15)17)9-13(3-4-13)8-10(14)19/h2-9H2,1H3,(H2,14,19). The summed E-state index contributed by atoms with van der Waals surface area (Å²) in [5.41, 5.74) is 5.65. The van der Waals surface area contributed by atoms with Crippen LogP contribution in [0.3, 0.4) is 0 Å². The second kappa shape index (κ2) is 5.45. The lowest BCUT2D eigenvalue weighted by Crippen LogP contribution is -2.55. The summed E-state index contributed by atoms with van der Waals surface area (Å²) in [4.78, 5) is 27.8. The van der Waals surface area contributed by atoms with Crippen LogP contribution in [0, 0.1) is 5.41 Å². The first-order valence-corrected chi connectivity index (χ1v) is 7.25. The zero-order valence-corrected chi connectivity index (χ0v) is 12.2. The van der Waals surface area contributed by atoms with E-state index in [0.29, 0.717) is 37.6 Å². The van der Waals surface area contributed by atoms with Crippen LogP contribution in [0.1, 0.15) is 32.6 Å². The molecule has 1 aliphatic carbocycles. The number of thiocarbonyl (C=S) groups is 1. The van der Waals surface area contributed by atoms with E-state index in [4.69, 9.17) is 18.0 Å². The van der Waals surface area contributed by atoms with Crippen LogP contribution in [0.5, 0.6) is 0 Å². The van der Waals surface area contributed by atoms with Gasteiger partial charge in [0, 0.05) is 32.6 Å². The third kappa shape index (κ3) is 3.23. The van der Waals surface area contributed by atoms with Gasteiger partial charge in [-0.15, -0.1) is 0 Å². The molecule has 0 bridgehead atoms. The van der Waals surface area contributed by atoms with Crippen molar-refractivity contribution in [2.75, 3.05) is 26.2 Å². The molecule has 0 aromatic rings. The zero-order valence-electron chi connectivity index (χ0n) is 11.4. The highest BCUT2D eigenvalue weighted by Crippen LogP contribution is 2.49. The van der Waals surface area contributed by atoms with E-state index >= 15 is 0 Å². The molecule has 2 N–H and O–H groups in total. The van der Waals surface area contributed by atoms with Gasteiger partial charge in [0.2, 0.25) is 0 Å². The molecule has 0 atom stereocenters. The minimum atomic E-state index is -0.367. The minimum Gasteiger partial charge on any atom is -0.393 e. The maximum absolute atomic E-state index is 12.1. The SMILES string of the molecule is CCCN1CCN(CC2(CC(N)=S)CC2)C(=O)C1=O. The molecule has 2 aliphatic rings. The monoisotopic (exact) mass is 283 g/mol. The molecule has 1 heterocycles. The van der Waals surface area contributed by atoms with Crippen molar-refractivity contribution >= 4 is 29.0 Å². The lowest BCUT2D eigenvalue weighted by molar-refractivity contribution is -0.156. The minimum absolute atomic E-state index is 0.0503. The molecule has 0 unspecified atom stereocenters. The van der Waals surface area contributed by atoms with Gasteiger partial charge in [-0.1, -0.05) is 19.1 Å². The molecule has 6 heteroatoms. The molecule has 19 heavy (non-hydrogen) atoms.